The summed E-state index contributed by atoms with van der Waals surface area (Å²) in [5.41, 5.74) is 0. The molecule has 2 unspecified atom stereocenters. The van der Waals surface area contributed by atoms with Crippen LogP contribution in [-0.2, 0) is 9.59 Å². The Labute approximate surface area is 118 Å². The molecular formula is C14H21N3O3. The van der Waals surface area contributed by atoms with Crippen LogP contribution in [0.3, 0.4) is 0 Å². The molecule has 20 heavy (non-hydrogen) atoms. The standard InChI is InChI=1S/C14H21N3O3/c1-16-7-6-10(8-16)17-13(19)11(9-4-2-3-5-9)12(18)15-14(17)20/h9-11H,2-8H2,1H3,(H,15,18,20). The van der Waals surface area contributed by atoms with Crippen molar-refractivity contribution in [3.8, 4) is 0 Å². The van der Waals surface area contributed by atoms with Gasteiger partial charge in [0.2, 0.25) is 11.8 Å². The van der Waals surface area contributed by atoms with Gasteiger partial charge in [0.15, 0.2) is 0 Å². The molecular weight excluding hydrogens is 258 g/mol. The van der Waals surface area contributed by atoms with Crippen molar-refractivity contribution >= 4 is 17.8 Å². The molecule has 3 rings (SSSR count). The van der Waals surface area contributed by atoms with Gasteiger partial charge in [0, 0.05) is 6.54 Å². The van der Waals surface area contributed by atoms with Gasteiger partial charge in [-0.2, -0.15) is 0 Å². The fourth-order valence-corrected chi connectivity index (χ4v) is 3.78. The molecule has 3 aliphatic rings. The highest BCUT2D eigenvalue weighted by atomic mass is 16.2. The van der Waals surface area contributed by atoms with E-state index in [0.29, 0.717) is 6.54 Å². The topological polar surface area (TPSA) is 69.7 Å². The summed E-state index contributed by atoms with van der Waals surface area (Å²) in [7, 11) is 1.98. The first-order chi connectivity index (χ1) is 9.58. The molecule has 0 aromatic heterocycles. The monoisotopic (exact) mass is 279 g/mol. The average Bonchev–Trinajstić information content (AvgIpc) is 3.01. The summed E-state index contributed by atoms with van der Waals surface area (Å²) in [4.78, 5) is 40.1. The first-order valence-electron chi connectivity index (χ1n) is 7.44. The molecule has 2 aliphatic heterocycles. The minimum atomic E-state index is -0.652. The molecule has 0 spiro atoms. The molecule has 4 amide bonds. The van der Waals surface area contributed by atoms with Gasteiger partial charge in [-0.3, -0.25) is 19.8 Å². The van der Waals surface area contributed by atoms with Gasteiger partial charge in [0.25, 0.3) is 0 Å². The molecule has 6 nitrogen and oxygen atoms in total. The van der Waals surface area contributed by atoms with Crippen molar-refractivity contribution in [1.29, 1.82) is 0 Å². The predicted molar refractivity (Wildman–Crippen MR) is 71.7 cm³/mol. The van der Waals surface area contributed by atoms with Gasteiger partial charge in [-0.25, -0.2) is 4.79 Å². The van der Waals surface area contributed by atoms with E-state index in [4.69, 9.17) is 0 Å². The Kier molecular flexibility index (Phi) is 3.50. The molecule has 2 heterocycles. The summed E-state index contributed by atoms with van der Waals surface area (Å²) in [6, 6.07) is -0.626. The van der Waals surface area contributed by atoms with Crippen LogP contribution in [0, 0.1) is 11.8 Å². The van der Waals surface area contributed by atoms with Crippen molar-refractivity contribution < 1.29 is 14.4 Å². The van der Waals surface area contributed by atoms with Crippen LogP contribution in [0.4, 0.5) is 4.79 Å². The van der Waals surface area contributed by atoms with Crippen molar-refractivity contribution in [2.75, 3.05) is 20.1 Å². The second-order valence-corrected chi connectivity index (χ2v) is 6.23. The molecule has 1 aliphatic carbocycles. The molecule has 6 heteroatoms. The van der Waals surface area contributed by atoms with Crippen LogP contribution in [-0.4, -0.2) is 53.8 Å². The highest BCUT2D eigenvalue weighted by molar-refractivity contribution is 6.16. The van der Waals surface area contributed by atoms with Gasteiger partial charge in [-0.1, -0.05) is 12.8 Å². The second kappa shape index (κ2) is 5.16. The number of rotatable bonds is 2. The van der Waals surface area contributed by atoms with E-state index in [9.17, 15) is 14.4 Å². The van der Waals surface area contributed by atoms with Gasteiger partial charge >= 0.3 is 6.03 Å². The zero-order valence-electron chi connectivity index (χ0n) is 11.8. The number of likely N-dealkylation sites (N-methyl/N-ethyl adjacent to an activating group) is 1. The van der Waals surface area contributed by atoms with Crippen molar-refractivity contribution in [3.05, 3.63) is 0 Å². The Morgan fingerprint density at radius 3 is 2.40 bits per heavy atom. The SMILES string of the molecule is CN1CCC(N2C(=O)NC(=O)C(C3CCCC3)C2=O)C1. The van der Waals surface area contributed by atoms with Gasteiger partial charge in [-0.15, -0.1) is 0 Å². The van der Waals surface area contributed by atoms with Gasteiger partial charge in [0.1, 0.15) is 5.92 Å². The summed E-state index contributed by atoms with van der Waals surface area (Å²) in [5, 5.41) is 2.39. The molecule has 0 bridgehead atoms. The Hall–Kier alpha value is -1.43. The van der Waals surface area contributed by atoms with E-state index in [1.165, 1.54) is 4.90 Å². The summed E-state index contributed by atoms with van der Waals surface area (Å²) in [5.74, 6) is -1.21. The Morgan fingerprint density at radius 2 is 1.80 bits per heavy atom. The summed E-state index contributed by atoms with van der Waals surface area (Å²) < 4.78 is 0. The number of carbonyl (C=O) groups is 3. The average molecular weight is 279 g/mol. The molecule has 1 saturated carbocycles. The number of hydrogen-bond acceptors (Lipinski definition) is 4. The number of amides is 4. The van der Waals surface area contributed by atoms with Crippen molar-refractivity contribution in [2.24, 2.45) is 11.8 Å². The highest BCUT2D eigenvalue weighted by Gasteiger charge is 2.48. The number of hydrogen-bond donors (Lipinski definition) is 1. The van der Waals surface area contributed by atoms with Crippen molar-refractivity contribution in [3.63, 3.8) is 0 Å². The number of carbonyl (C=O) groups excluding carboxylic acids is 3. The number of likely N-dealkylation sites (tertiary alicyclic amines) is 1. The number of nitrogens with one attached hydrogen (secondary N) is 1. The van der Waals surface area contributed by atoms with Gasteiger partial charge in [0.05, 0.1) is 6.04 Å². The third-order valence-electron chi connectivity index (χ3n) is 4.84. The largest absolute Gasteiger partial charge is 0.331 e. The summed E-state index contributed by atoms with van der Waals surface area (Å²) in [6.45, 7) is 1.58. The van der Waals surface area contributed by atoms with E-state index in [-0.39, 0.29) is 17.9 Å². The normalized spacial score (nSPS) is 33.0. The number of imide groups is 2. The van der Waals surface area contributed by atoms with E-state index >= 15 is 0 Å². The predicted octanol–water partition coefficient (Wildman–Crippen LogP) is 0.575. The molecule has 1 N–H and O–H groups in total. The Morgan fingerprint density at radius 1 is 1.10 bits per heavy atom. The van der Waals surface area contributed by atoms with E-state index in [2.05, 4.69) is 10.2 Å². The molecule has 110 valence electrons. The van der Waals surface area contributed by atoms with Crippen LogP contribution in [0.15, 0.2) is 0 Å². The Balaban J connectivity index is 1.81. The maximum atomic E-state index is 12.7. The number of nitrogens with zero attached hydrogens (tertiary/aromatic N) is 2. The van der Waals surface area contributed by atoms with Gasteiger partial charge in [-0.05, 0) is 38.8 Å². The molecule has 2 atom stereocenters. The minimum absolute atomic E-state index is 0.0931. The summed E-state index contributed by atoms with van der Waals surface area (Å²) in [6.07, 6.45) is 4.76. The molecule has 0 radical (unpaired) electrons. The maximum Gasteiger partial charge on any atom is 0.331 e. The number of urea groups is 1. The van der Waals surface area contributed by atoms with Crippen molar-refractivity contribution in [1.82, 2.24) is 15.1 Å². The number of barbiturate groups is 1. The molecule has 3 fully saturated rings. The molecule has 0 aromatic carbocycles. The lowest BCUT2D eigenvalue weighted by Gasteiger charge is -2.36. The minimum Gasteiger partial charge on any atom is -0.304 e. The lowest BCUT2D eigenvalue weighted by molar-refractivity contribution is -0.146. The van der Waals surface area contributed by atoms with E-state index in [0.717, 1.165) is 38.6 Å². The fourth-order valence-electron chi connectivity index (χ4n) is 3.78. The first-order valence-corrected chi connectivity index (χ1v) is 7.44. The molecule has 2 saturated heterocycles. The zero-order chi connectivity index (χ0) is 14.3. The van der Waals surface area contributed by atoms with E-state index in [1.807, 2.05) is 7.05 Å². The van der Waals surface area contributed by atoms with Crippen molar-refractivity contribution in [2.45, 2.75) is 38.1 Å². The smallest absolute Gasteiger partial charge is 0.304 e. The zero-order valence-corrected chi connectivity index (χ0v) is 11.8. The Bertz CT molecular complexity index is 445. The lowest BCUT2D eigenvalue weighted by Crippen LogP contribution is -2.62. The first kappa shape index (κ1) is 13.5. The fraction of sp³-hybridized carbons (Fsp3) is 0.786. The second-order valence-electron chi connectivity index (χ2n) is 6.23. The van der Waals surface area contributed by atoms with Crippen LogP contribution < -0.4 is 5.32 Å². The van der Waals surface area contributed by atoms with Crippen LogP contribution >= 0.6 is 0 Å². The molecule has 0 aromatic rings. The third-order valence-corrected chi connectivity index (χ3v) is 4.84. The van der Waals surface area contributed by atoms with E-state index < -0.39 is 17.9 Å². The van der Waals surface area contributed by atoms with Crippen LogP contribution in [0.5, 0.6) is 0 Å². The quantitative estimate of drug-likeness (QED) is 0.751. The van der Waals surface area contributed by atoms with Gasteiger partial charge < -0.3 is 4.90 Å². The van der Waals surface area contributed by atoms with Crippen LogP contribution in [0.1, 0.15) is 32.1 Å². The third kappa shape index (κ3) is 2.22. The maximum absolute atomic E-state index is 12.7. The van der Waals surface area contributed by atoms with Crippen LogP contribution in [0.2, 0.25) is 0 Å². The lowest BCUT2D eigenvalue weighted by atomic mass is 9.87. The highest BCUT2D eigenvalue weighted by Crippen LogP contribution is 2.34. The van der Waals surface area contributed by atoms with Crippen LogP contribution in [0.25, 0.3) is 0 Å². The summed E-state index contributed by atoms with van der Waals surface area (Å²) >= 11 is 0. The van der Waals surface area contributed by atoms with E-state index in [1.54, 1.807) is 0 Å².